The summed E-state index contributed by atoms with van der Waals surface area (Å²) in [4.78, 5) is 12.6. The van der Waals surface area contributed by atoms with Crippen molar-refractivity contribution in [1.82, 2.24) is 9.78 Å². The van der Waals surface area contributed by atoms with E-state index in [-0.39, 0.29) is 12.6 Å². The molecule has 7 nitrogen and oxygen atoms in total. The quantitative estimate of drug-likeness (QED) is 0.500. The molecule has 0 atom stereocenters. The highest BCUT2D eigenvalue weighted by molar-refractivity contribution is 9.10. The van der Waals surface area contributed by atoms with Gasteiger partial charge in [0, 0.05) is 10.0 Å². The van der Waals surface area contributed by atoms with E-state index in [0.717, 1.165) is 10.2 Å². The summed E-state index contributed by atoms with van der Waals surface area (Å²) in [7, 11) is 0. The molecule has 0 bridgehead atoms. The molecule has 3 aromatic rings. The van der Waals surface area contributed by atoms with Crippen molar-refractivity contribution in [1.29, 1.82) is 0 Å². The van der Waals surface area contributed by atoms with Gasteiger partial charge in [0.2, 0.25) is 0 Å². The molecule has 0 aliphatic carbocycles. The molecule has 1 N–H and O–H groups in total. The minimum absolute atomic E-state index is 0.231. The first-order valence-electron chi connectivity index (χ1n) is 9.21. The zero-order chi connectivity index (χ0) is 20.6. The first kappa shape index (κ1) is 20.7. The number of anilines is 1. The molecule has 152 valence electrons. The Morgan fingerprint density at radius 1 is 1.03 bits per heavy atom. The van der Waals surface area contributed by atoms with Gasteiger partial charge in [-0.1, -0.05) is 15.9 Å². The lowest BCUT2D eigenvalue weighted by molar-refractivity contribution is 0.102. The molecular formula is C21H22BrN3O4. The highest BCUT2D eigenvalue weighted by Crippen LogP contribution is 2.29. The molecule has 0 saturated carbocycles. The standard InChI is InChI=1S/C21H22BrN3O4/c1-3-27-19-10-5-15(11-20(19)28-4-2)21(26)24-17-12-23-25(13-17)14-29-18-8-6-16(22)7-9-18/h5-13H,3-4,14H2,1-2H3,(H,24,26). The summed E-state index contributed by atoms with van der Waals surface area (Å²) in [6, 6.07) is 12.6. The normalized spacial score (nSPS) is 10.4. The van der Waals surface area contributed by atoms with Gasteiger partial charge in [-0.15, -0.1) is 0 Å². The molecule has 8 heteroatoms. The predicted octanol–water partition coefficient (Wildman–Crippen LogP) is 4.73. The topological polar surface area (TPSA) is 74.6 Å². The highest BCUT2D eigenvalue weighted by atomic mass is 79.9. The van der Waals surface area contributed by atoms with E-state index in [1.54, 1.807) is 35.3 Å². The first-order chi connectivity index (χ1) is 14.1. The van der Waals surface area contributed by atoms with Gasteiger partial charge in [-0.25, -0.2) is 4.68 Å². The van der Waals surface area contributed by atoms with Crippen LogP contribution in [0.15, 0.2) is 59.3 Å². The Bertz CT molecular complexity index is 957. The van der Waals surface area contributed by atoms with E-state index < -0.39 is 0 Å². The van der Waals surface area contributed by atoms with Gasteiger partial charge in [-0.2, -0.15) is 5.10 Å². The van der Waals surface area contributed by atoms with Crippen molar-refractivity contribution in [2.45, 2.75) is 20.6 Å². The van der Waals surface area contributed by atoms with Crippen molar-refractivity contribution in [3.8, 4) is 17.2 Å². The second kappa shape index (κ2) is 9.97. The van der Waals surface area contributed by atoms with Crippen LogP contribution < -0.4 is 19.5 Å². The van der Waals surface area contributed by atoms with Crippen LogP contribution in [0.25, 0.3) is 0 Å². The fourth-order valence-electron chi connectivity index (χ4n) is 2.57. The van der Waals surface area contributed by atoms with Crippen LogP contribution in [0.3, 0.4) is 0 Å². The Morgan fingerprint density at radius 3 is 2.48 bits per heavy atom. The van der Waals surface area contributed by atoms with Crippen LogP contribution in [0, 0.1) is 0 Å². The Labute approximate surface area is 177 Å². The van der Waals surface area contributed by atoms with Gasteiger partial charge >= 0.3 is 0 Å². The van der Waals surface area contributed by atoms with Gasteiger partial charge in [0.1, 0.15) is 5.75 Å². The molecule has 0 saturated heterocycles. The van der Waals surface area contributed by atoms with Crippen LogP contribution >= 0.6 is 15.9 Å². The van der Waals surface area contributed by atoms with Gasteiger partial charge in [-0.3, -0.25) is 4.79 Å². The summed E-state index contributed by atoms with van der Waals surface area (Å²) in [6.07, 6.45) is 3.27. The monoisotopic (exact) mass is 459 g/mol. The van der Waals surface area contributed by atoms with Crippen molar-refractivity contribution in [2.75, 3.05) is 18.5 Å². The van der Waals surface area contributed by atoms with E-state index >= 15 is 0 Å². The van der Waals surface area contributed by atoms with Gasteiger partial charge in [0.15, 0.2) is 18.2 Å². The van der Waals surface area contributed by atoms with E-state index in [2.05, 4.69) is 26.3 Å². The molecule has 0 fully saturated rings. The van der Waals surface area contributed by atoms with Crippen LogP contribution in [0.4, 0.5) is 5.69 Å². The number of rotatable bonds is 9. The number of aromatic nitrogens is 2. The number of nitrogens with one attached hydrogen (secondary N) is 1. The van der Waals surface area contributed by atoms with E-state index in [1.165, 1.54) is 0 Å². The minimum Gasteiger partial charge on any atom is -0.490 e. The molecule has 29 heavy (non-hydrogen) atoms. The third-order valence-electron chi connectivity index (χ3n) is 3.87. The number of ether oxygens (including phenoxy) is 3. The number of amides is 1. The summed E-state index contributed by atoms with van der Waals surface area (Å²) in [5.74, 6) is 1.62. The molecule has 3 rings (SSSR count). The van der Waals surface area contributed by atoms with E-state index in [4.69, 9.17) is 14.2 Å². The number of carbonyl (C=O) groups is 1. The SMILES string of the molecule is CCOc1ccc(C(=O)Nc2cnn(COc3ccc(Br)cc3)c2)cc1OCC. The number of carbonyl (C=O) groups excluding carboxylic acids is 1. The van der Waals surface area contributed by atoms with Crippen molar-refractivity contribution in [3.63, 3.8) is 0 Å². The van der Waals surface area contributed by atoms with Crippen molar-refractivity contribution in [3.05, 3.63) is 64.9 Å². The number of nitrogens with zero attached hydrogens (tertiary/aromatic N) is 2. The molecule has 1 heterocycles. The maximum absolute atomic E-state index is 12.6. The van der Waals surface area contributed by atoms with Crippen LogP contribution in [-0.2, 0) is 6.73 Å². The molecule has 0 spiro atoms. The first-order valence-corrected chi connectivity index (χ1v) is 10.00. The molecule has 0 aliphatic heterocycles. The van der Waals surface area contributed by atoms with E-state index in [9.17, 15) is 4.79 Å². The van der Waals surface area contributed by atoms with Gasteiger partial charge < -0.3 is 19.5 Å². The third kappa shape index (κ3) is 5.74. The maximum atomic E-state index is 12.6. The van der Waals surface area contributed by atoms with Gasteiger partial charge in [0.25, 0.3) is 5.91 Å². The molecule has 0 radical (unpaired) electrons. The largest absolute Gasteiger partial charge is 0.490 e. The molecule has 0 unspecified atom stereocenters. The average molecular weight is 460 g/mol. The van der Waals surface area contributed by atoms with E-state index in [1.807, 2.05) is 38.1 Å². The van der Waals surface area contributed by atoms with E-state index in [0.29, 0.717) is 36.0 Å². The summed E-state index contributed by atoms with van der Waals surface area (Å²) >= 11 is 3.38. The second-order valence-corrected chi connectivity index (χ2v) is 6.89. The fraction of sp³-hybridized carbons (Fsp3) is 0.238. The lowest BCUT2D eigenvalue weighted by atomic mass is 10.2. The summed E-state index contributed by atoms with van der Waals surface area (Å²) in [5.41, 5.74) is 1.04. The highest BCUT2D eigenvalue weighted by Gasteiger charge is 2.12. The average Bonchev–Trinajstić information content (AvgIpc) is 3.16. The molecule has 1 aromatic heterocycles. The summed E-state index contributed by atoms with van der Waals surface area (Å²) in [6.45, 7) is 5.01. The maximum Gasteiger partial charge on any atom is 0.255 e. The van der Waals surface area contributed by atoms with Crippen molar-refractivity contribution < 1.29 is 19.0 Å². The van der Waals surface area contributed by atoms with Crippen molar-refractivity contribution in [2.24, 2.45) is 0 Å². The molecule has 0 aliphatic rings. The van der Waals surface area contributed by atoms with Crippen LogP contribution in [0.5, 0.6) is 17.2 Å². The van der Waals surface area contributed by atoms with Crippen molar-refractivity contribution >= 4 is 27.5 Å². The zero-order valence-corrected chi connectivity index (χ0v) is 17.8. The van der Waals surface area contributed by atoms with Gasteiger partial charge in [-0.05, 0) is 56.3 Å². The smallest absolute Gasteiger partial charge is 0.255 e. The number of hydrogen-bond donors (Lipinski definition) is 1. The second-order valence-electron chi connectivity index (χ2n) is 5.98. The number of hydrogen-bond acceptors (Lipinski definition) is 5. The minimum atomic E-state index is -0.262. The fourth-order valence-corrected chi connectivity index (χ4v) is 2.83. The summed E-state index contributed by atoms with van der Waals surface area (Å²) < 4.78 is 19.4. The Balaban J connectivity index is 1.62. The number of halogens is 1. The molecular weight excluding hydrogens is 438 g/mol. The molecule has 2 aromatic carbocycles. The predicted molar refractivity (Wildman–Crippen MR) is 114 cm³/mol. The Morgan fingerprint density at radius 2 is 1.76 bits per heavy atom. The van der Waals surface area contributed by atoms with Crippen LogP contribution in [-0.4, -0.2) is 28.9 Å². The Hall–Kier alpha value is -3.00. The lowest BCUT2D eigenvalue weighted by Gasteiger charge is -2.12. The van der Waals surface area contributed by atoms with Crippen LogP contribution in [0.2, 0.25) is 0 Å². The number of benzene rings is 2. The third-order valence-corrected chi connectivity index (χ3v) is 4.40. The zero-order valence-electron chi connectivity index (χ0n) is 16.2. The van der Waals surface area contributed by atoms with Crippen LogP contribution in [0.1, 0.15) is 24.2 Å². The summed E-state index contributed by atoms with van der Waals surface area (Å²) in [5, 5.41) is 7.03. The Kier molecular flexibility index (Phi) is 7.13. The van der Waals surface area contributed by atoms with Gasteiger partial charge in [0.05, 0.1) is 31.3 Å². The lowest BCUT2D eigenvalue weighted by Crippen LogP contribution is -2.12. The molecule has 1 amide bonds.